The average molecular weight is 532 g/mol. The minimum absolute atomic E-state index is 0.0561. The molecule has 0 atom stereocenters. The molecule has 3 aromatic carbocycles. The summed E-state index contributed by atoms with van der Waals surface area (Å²) in [5, 5.41) is 6.76. The van der Waals surface area contributed by atoms with Gasteiger partial charge in [0.1, 0.15) is 23.1 Å². The molecule has 4 aromatic rings. The number of anilines is 2. The number of halogens is 1. The molecule has 0 saturated carbocycles. The fourth-order valence-corrected chi connectivity index (χ4v) is 4.94. The number of fused-ring (bicyclic) bond motifs is 1. The summed E-state index contributed by atoms with van der Waals surface area (Å²) in [7, 11) is 2.11. The molecular formula is C30H30ClN3O4. The topological polar surface area (TPSA) is 83.8 Å². The molecule has 1 aliphatic heterocycles. The molecule has 5 rings (SSSR count). The van der Waals surface area contributed by atoms with E-state index in [0.717, 1.165) is 48.2 Å². The third-order valence-electron chi connectivity index (χ3n) is 6.94. The molecule has 2 amide bonds. The highest BCUT2D eigenvalue weighted by Gasteiger charge is 2.20. The molecule has 8 heteroatoms. The number of aryl methyl sites for hydroxylation is 2. The van der Waals surface area contributed by atoms with Crippen LogP contribution in [0.4, 0.5) is 16.2 Å². The summed E-state index contributed by atoms with van der Waals surface area (Å²) < 4.78 is 11.9. The Morgan fingerprint density at radius 3 is 2.58 bits per heavy atom. The van der Waals surface area contributed by atoms with E-state index in [0.29, 0.717) is 27.4 Å². The van der Waals surface area contributed by atoms with Crippen molar-refractivity contribution in [3.05, 3.63) is 87.2 Å². The molecule has 0 spiro atoms. The zero-order valence-corrected chi connectivity index (χ0v) is 22.4. The van der Waals surface area contributed by atoms with E-state index in [9.17, 15) is 9.59 Å². The van der Waals surface area contributed by atoms with Crippen LogP contribution in [0.2, 0.25) is 5.02 Å². The van der Waals surface area contributed by atoms with Gasteiger partial charge >= 0.3 is 11.7 Å². The van der Waals surface area contributed by atoms with Gasteiger partial charge in [-0.1, -0.05) is 29.8 Å². The Labute approximate surface area is 226 Å². The summed E-state index contributed by atoms with van der Waals surface area (Å²) >= 11 is 6.16. The van der Waals surface area contributed by atoms with Crippen LogP contribution in [-0.2, 0) is 0 Å². The van der Waals surface area contributed by atoms with Crippen molar-refractivity contribution in [1.29, 1.82) is 0 Å². The van der Waals surface area contributed by atoms with Gasteiger partial charge < -0.3 is 24.7 Å². The summed E-state index contributed by atoms with van der Waals surface area (Å²) in [6.45, 7) is 5.86. The number of ether oxygens (including phenoxy) is 1. The molecule has 38 heavy (non-hydrogen) atoms. The molecule has 0 bridgehead atoms. The van der Waals surface area contributed by atoms with Crippen molar-refractivity contribution in [3.8, 4) is 16.9 Å². The summed E-state index contributed by atoms with van der Waals surface area (Å²) in [5.41, 5.74) is 4.17. The highest BCUT2D eigenvalue weighted by atomic mass is 35.5. The molecule has 2 N–H and O–H groups in total. The highest BCUT2D eigenvalue weighted by molar-refractivity contribution is 6.30. The number of urea groups is 1. The molecule has 7 nitrogen and oxygen atoms in total. The number of nitrogens with one attached hydrogen (secondary N) is 2. The van der Waals surface area contributed by atoms with Gasteiger partial charge in [-0.25, -0.2) is 9.59 Å². The molecule has 0 unspecified atom stereocenters. The molecular weight excluding hydrogens is 502 g/mol. The minimum atomic E-state index is -0.629. The second-order valence-electron chi connectivity index (χ2n) is 9.79. The van der Waals surface area contributed by atoms with Crippen molar-refractivity contribution in [3.63, 3.8) is 0 Å². The van der Waals surface area contributed by atoms with Gasteiger partial charge in [-0.05, 0) is 92.9 Å². The number of carbonyl (C=O) groups excluding carboxylic acids is 1. The number of rotatable bonds is 5. The Bertz CT molecular complexity index is 1560. The quantitative estimate of drug-likeness (QED) is 0.275. The summed E-state index contributed by atoms with van der Waals surface area (Å²) in [6.07, 6.45) is 2.05. The van der Waals surface area contributed by atoms with Gasteiger partial charge in [0.15, 0.2) is 0 Å². The maximum absolute atomic E-state index is 12.8. The van der Waals surface area contributed by atoms with E-state index >= 15 is 0 Å². The van der Waals surface area contributed by atoms with Crippen LogP contribution in [0.25, 0.3) is 22.1 Å². The van der Waals surface area contributed by atoms with Crippen LogP contribution >= 0.6 is 11.6 Å². The number of hydrogen-bond donors (Lipinski definition) is 2. The lowest BCUT2D eigenvalue weighted by Crippen LogP contribution is -2.35. The molecule has 0 radical (unpaired) electrons. The minimum Gasteiger partial charge on any atom is -0.490 e. The predicted molar refractivity (Wildman–Crippen MR) is 153 cm³/mol. The first-order valence-corrected chi connectivity index (χ1v) is 13.0. The molecule has 1 aromatic heterocycles. The van der Waals surface area contributed by atoms with Gasteiger partial charge in [0.05, 0.1) is 0 Å². The summed E-state index contributed by atoms with van der Waals surface area (Å²) in [4.78, 5) is 27.8. The van der Waals surface area contributed by atoms with Crippen LogP contribution < -0.4 is 21.0 Å². The lowest BCUT2D eigenvalue weighted by molar-refractivity contribution is 0.113. The van der Waals surface area contributed by atoms with Crippen LogP contribution in [0.5, 0.6) is 5.75 Å². The van der Waals surface area contributed by atoms with E-state index in [1.807, 2.05) is 62.4 Å². The van der Waals surface area contributed by atoms with Crippen LogP contribution in [0.1, 0.15) is 24.0 Å². The third kappa shape index (κ3) is 5.69. The second kappa shape index (κ2) is 10.9. The van der Waals surface area contributed by atoms with Crippen LogP contribution in [0, 0.1) is 13.8 Å². The van der Waals surface area contributed by atoms with Crippen LogP contribution in [0.3, 0.4) is 0 Å². The molecule has 1 aliphatic rings. The van der Waals surface area contributed by atoms with Crippen molar-refractivity contribution < 1.29 is 13.9 Å². The lowest BCUT2D eigenvalue weighted by atomic mass is 10.00. The SMILES string of the molecule is Cc1ccc(NC(=O)Nc2cc3ccc(OC4CCN(C)CC4)c(C)c3oc2=O)cc1-c1cccc(Cl)c1. The van der Waals surface area contributed by atoms with Crippen molar-refractivity contribution >= 4 is 40.0 Å². The molecule has 1 saturated heterocycles. The fraction of sp³-hybridized carbons (Fsp3) is 0.267. The van der Waals surface area contributed by atoms with E-state index in [-0.39, 0.29) is 11.8 Å². The Hall–Kier alpha value is -3.81. The Morgan fingerprint density at radius 2 is 1.82 bits per heavy atom. The zero-order valence-electron chi connectivity index (χ0n) is 21.6. The van der Waals surface area contributed by atoms with Crippen molar-refractivity contribution in [2.45, 2.75) is 32.8 Å². The second-order valence-corrected chi connectivity index (χ2v) is 10.2. The lowest BCUT2D eigenvalue weighted by Gasteiger charge is -2.29. The zero-order chi connectivity index (χ0) is 26.8. The van der Waals surface area contributed by atoms with E-state index in [1.54, 1.807) is 12.1 Å². The fourth-order valence-electron chi connectivity index (χ4n) is 4.75. The molecule has 2 heterocycles. The number of benzene rings is 3. The molecule has 0 aliphatic carbocycles. The van der Waals surface area contributed by atoms with Crippen molar-refractivity contribution in [2.75, 3.05) is 30.8 Å². The first kappa shape index (κ1) is 25.8. The predicted octanol–water partition coefficient (Wildman–Crippen LogP) is 6.85. The van der Waals surface area contributed by atoms with Crippen LogP contribution in [-0.4, -0.2) is 37.2 Å². The number of nitrogens with zero attached hydrogens (tertiary/aromatic N) is 1. The largest absolute Gasteiger partial charge is 0.490 e. The average Bonchev–Trinajstić information content (AvgIpc) is 2.89. The number of likely N-dealkylation sites (tertiary alicyclic amines) is 1. The van der Waals surface area contributed by atoms with E-state index in [1.165, 1.54) is 0 Å². The Kier molecular flexibility index (Phi) is 7.40. The summed E-state index contributed by atoms with van der Waals surface area (Å²) in [5.74, 6) is 0.712. The maximum atomic E-state index is 12.8. The van der Waals surface area contributed by atoms with Gasteiger partial charge in [0.25, 0.3) is 0 Å². The number of piperidine rings is 1. The number of hydrogen-bond acceptors (Lipinski definition) is 5. The number of carbonyl (C=O) groups is 1. The van der Waals surface area contributed by atoms with Crippen molar-refractivity contribution in [1.82, 2.24) is 4.90 Å². The number of amides is 2. The summed E-state index contributed by atoms with van der Waals surface area (Å²) in [6, 6.07) is 18.0. The Morgan fingerprint density at radius 1 is 1.03 bits per heavy atom. The Balaban J connectivity index is 1.32. The monoisotopic (exact) mass is 531 g/mol. The first-order chi connectivity index (χ1) is 18.3. The van der Waals surface area contributed by atoms with E-state index in [4.69, 9.17) is 20.8 Å². The molecule has 196 valence electrons. The van der Waals surface area contributed by atoms with Gasteiger partial charge in [0.2, 0.25) is 0 Å². The van der Waals surface area contributed by atoms with Crippen molar-refractivity contribution in [2.24, 2.45) is 0 Å². The third-order valence-corrected chi connectivity index (χ3v) is 7.17. The van der Waals surface area contributed by atoms with Gasteiger partial charge in [-0.3, -0.25) is 0 Å². The van der Waals surface area contributed by atoms with E-state index in [2.05, 4.69) is 22.6 Å². The normalized spacial score (nSPS) is 14.4. The van der Waals surface area contributed by atoms with Crippen LogP contribution in [0.15, 0.2) is 69.9 Å². The van der Waals surface area contributed by atoms with Gasteiger partial charge in [-0.15, -0.1) is 0 Å². The first-order valence-electron chi connectivity index (χ1n) is 12.6. The smallest absolute Gasteiger partial charge is 0.360 e. The maximum Gasteiger partial charge on any atom is 0.360 e. The van der Waals surface area contributed by atoms with E-state index < -0.39 is 11.7 Å². The van der Waals surface area contributed by atoms with Gasteiger partial charge in [0, 0.05) is 34.7 Å². The standard InChI is InChI=1S/C30H30ClN3O4/c1-18-7-9-23(17-25(18)20-5-4-6-22(31)15-20)32-30(36)33-26-16-21-8-10-27(19(2)28(21)38-29(26)35)37-24-11-13-34(3)14-12-24/h4-10,15-17,24H,11-14H2,1-3H3,(H2,32,33,36). The highest BCUT2D eigenvalue weighted by Crippen LogP contribution is 2.31. The van der Waals surface area contributed by atoms with Gasteiger partial charge in [-0.2, -0.15) is 0 Å². The molecule has 1 fully saturated rings.